The van der Waals surface area contributed by atoms with Crippen LogP contribution < -0.4 is 14.4 Å². The van der Waals surface area contributed by atoms with E-state index in [-0.39, 0.29) is 23.2 Å². The second-order valence-corrected chi connectivity index (χ2v) is 10.4. The molecule has 4 aromatic rings. The topological polar surface area (TPSA) is 108 Å². The molecule has 1 N–H and O–H groups in total. The summed E-state index contributed by atoms with van der Waals surface area (Å²) in [6, 6.07) is 18.3. The van der Waals surface area contributed by atoms with E-state index >= 15 is 0 Å². The molecule has 0 saturated heterocycles. The Kier molecular flexibility index (Phi) is 5.94. The molecule has 0 aliphatic heterocycles. The van der Waals surface area contributed by atoms with Crippen molar-refractivity contribution in [1.29, 1.82) is 5.26 Å². The van der Waals surface area contributed by atoms with Crippen LogP contribution in [0, 0.1) is 17.1 Å². The Bertz CT molecular complexity index is 1610. The first-order valence-corrected chi connectivity index (χ1v) is 13.1. The molecule has 8 nitrogen and oxygen atoms in total. The van der Waals surface area contributed by atoms with Gasteiger partial charge in [0.1, 0.15) is 6.07 Å². The number of nitrogens with one attached hydrogen (secondary N) is 1. The molecule has 36 heavy (non-hydrogen) atoms. The van der Waals surface area contributed by atoms with Crippen molar-refractivity contribution in [2.75, 3.05) is 22.9 Å². The molecule has 0 bridgehead atoms. The maximum absolute atomic E-state index is 14.7. The summed E-state index contributed by atoms with van der Waals surface area (Å²) in [5.41, 5.74) is 4.57. The summed E-state index contributed by atoms with van der Waals surface area (Å²) >= 11 is 0. The third kappa shape index (κ3) is 5.06. The second-order valence-electron chi connectivity index (χ2n) is 8.67. The lowest BCUT2D eigenvalue weighted by Crippen LogP contribution is -2.11. The van der Waals surface area contributed by atoms with Crippen LogP contribution in [-0.2, 0) is 10.0 Å². The molecule has 0 amide bonds. The number of anilines is 3. The van der Waals surface area contributed by atoms with E-state index in [1.54, 1.807) is 24.1 Å². The van der Waals surface area contributed by atoms with Gasteiger partial charge in [0.25, 0.3) is 0 Å². The summed E-state index contributed by atoms with van der Waals surface area (Å²) in [6.45, 7) is 0. The van der Waals surface area contributed by atoms with E-state index in [1.165, 1.54) is 12.3 Å². The number of fused-ring (bicyclic) bond motifs is 1. The predicted octanol–water partition coefficient (Wildman–Crippen LogP) is 4.99. The number of rotatable bonds is 7. The molecule has 0 spiro atoms. The molecule has 5 rings (SSSR count). The van der Waals surface area contributed by atoms with Crippen LogP contribution in [0.5, 0.6) is 5.75 Å². The number of aromatic nitrogens is 2. The number of benzene rings is 3. The van der Waals surface area contributed by atoms with Crippen LogP contribution in [0.4, 0.5) is 21.6 Å². The lowest BCUT2D eigenvalue weighted by atomic mass is 10.0. The van der Waals surface area contributed by atoms with Crippen molar-refractivity contribution in [2.45, 2.75) is 18.9 Å². The Morgan fingerprint density at radius 2 is 1.78 bits per heavy atom. The number of hydrogen-bond donors (Lipinski definition) is 1. The first-order chi connectivity index (χ1) is 17.2. The zero-order valence-electron chi connectivity index (χ0n) is 19.6. The zero-order chi connectivity index (χ0) is 25.4. The minimum Gasteiger partial charge on any atom is -0.486 e. The van der Waals surface area contributed by atoms with Crippen molar-refractivity contribution >= 4 is 38.2 Å². The van der Waals surface area contributed by atoms with E-state index in [2.05, 4.69) is 14.7 Å². The highest BCUT2D eigenvalue weighted by molar-refractivity contribution is 7.92. The number of halogens is 1. The van der Waals surface area contributed by atoms with Gasteiger partial charge in [0.05, 0.1) is 35.2 Å². The summed E-state index contributed by atoms with van der Waals surface area (Å²) in [5, 5.41) is 9.50. The monoisotopic (exact) mass is 503 g/mol. The first kappa shape index (κ1) is 23.5. The van der Waals surface area contributed by atoms with Crippen LogP contribution in [0.15, 0.2) is 60.8 Å². The van der Waals surface area contributed by atoms with Gasteiger partial charge >= 0.3 is 0 Å². The van der Waals surface area contributed by atoms with Gasteiger partial charge in [-0.3, -0.25) is 9.71 Å². The third-order valence-corrected chi connectivity index (χ3v) is 6.35. The Morgan fingerprint density at radius 3 is 2.44 bits per heavy atom. The molecule has 1 fully saturated rings. The highest BCUT2D eigenvalue weighted by atomic mass is 32.2. The molecule has 1 aliphatic carbocycles. The van der Waals surface area contributed by atoms with Gasteiger partial charge in [0.2, 0.25) is 10.0 Å². The fraction of sp³-hybridized carbons (Fsp3) is 0.192. The van der Waals surface area contributed by atoms with E-state index in [0.717, 1.165) is 35.9 Å². The fourth-order valence-corrected chi connectivity index (χ4v) is 4.26. The first-order valence-electron chi connectivity index (χ1n) is 11.2. The van der Waals surface area contributed by atoms with E-state index < -0.39 is 15.8 Å². The zero-order valence-corrected chi connectivity index (χ0v) is 20.4. The van der Waals surface area contributed by atoms with E-state index in [0.29, 0.717) is 16.7 Å². The van der Waals surface area contributed by atoms with Gasteiger partial charge in [-0.1, -0.05) is 18.2 Å². The van der Waals surface area contributed by atoms with Gasteiger partial charge in [0, 0.05) is 24.5 Å². The lowest BCUT2D eigenvalue weighted by molar-refractivity contribution is 0.286. The summed E-state index contributed by atoms with van der Waals surface area (Å²) in [6.07, 6.45) is 4.18. The van der Waals surface area contributed by atoms with Crippen LogP contribution in [0.1, 0.15) is 18.4 Å². The standard InChI is InChI=1S/C26H22FN5O3S/c1-32(20-11-18(14-28)26(22(27)13-20)35-21-8-9-21)19-6-3-16(4-7-19)17-5-10-23-24(12-17)29-15-25(30-23)31-36(2,33)34/h3-7,10-13,15,21H,8-9H2,1-2H3,(H,30,31). The molecule has 1 heterocycles. The molecule has 182 valence electrons. The van der Waals surface area contributed by atoms with Crippen LogP contribution in [-0.4, -0.2) is 37.8 Å². The van der Waals surface area contributed by atoms with Gasteiger partial charge in [-0.05, 0) is 54.3 Å². The minimum atomic E-state index is -3.44. The van der Waals surface area contributed by atoms with E-state index in [4.69, 9.17) is 4.74 Å². The normalized spacial score (nSPS) is 13.3. The highest BCUT2D eigenvalue weighted by Crippen LogP contribution is 2.36. The van der Waals surface area contributed by atoms with Crippen LogP contribution in [0.3, 0.4) is 0 Å². The van der Waals surface area contributed by atoms with Crippen molar-refractivity contribution in [3.8, 4) is 22.9 Å². The molecular weight excluding hydrogens is 481 g/mol. The Morgan fingerprint density at radius 1 is 1.06 bits per heavy atom. The van der Waals surface area contributed by atoms with E-state index in [9.17, 15) is 18.1 Å². The largest absolute Gasteiger partial charge is 0.486 e. The number of hydrogen-bond acceptors (Lipinski definition) is 7. The van der Waals surface area contributed by atoms with Crippen molar-refractivity contribution < 1.29 is 17.5 Å². The average Bonchev–Trinajstić information content (AvgIpc) is 3.67. The van der Waals surface area contributed by atoms with Crippen LogP contribution in [0.2, 0.25) is 0 Å². The van der Waals surface area contributed by atoms with E-state index in [1.807, 2.05) is 42.5 Å². The molecule has 1 aliphatic rings. The number of nitrogens with zero attached hydrogens (tertiary/aromatic N) is 4. The molecule has 0 unspecified atom stereocenters. The quantitative estimate of drug-likeness (QED) is 0.379. The summed E-state index contributed by atoms with van der Waals surface area (Å²) in [7, 11) is -1.63. The summed E-state index contributed by atoms with van der Waals surface area (Å²) < 4.78 is 45.5. The number of ether oxygens (including phenoxy) is 1. The van der Waals surface area contributed by atoms with Gasteiger partial charge in [-0.15, -0.1) is 0 Å². The maximum Gasteiger partial charge on any atom is 0.231 e. The molecule has 10 heteroatoms. The van der Waals surface area contributed by atoms with Crippen molar-refractivity contribution in [3.05, 3.63) is 72.2 Å². The third-order valence-electron chi connectivity index (χ3n) is 5.77. The highest BCUT2D eigenvalue weighted by Gasteiger charge is 2.27. The Hall–Kier alpha value is -4.23. The van der Waals surface area contributed by atoms with Gasteiger partial charge < -0.3 is 9.64 Å². The lowest BCUT2D eigenvalue weighted by Gasteiger charge is -2.21. The van der Waals surface area contributed by atoms with Crippen molar-refractivity contribution in [2.24, 2.45) is 0 Å². The average molecular weight is 504 g/mol. The van der Waals surface area contributed by atoms with Gasteiger partial charge in [-0.2, -0.15) is 5.26 Å². The van der Waals surface area contributed by atoms with Crippen LogP contribution in [0.25, 0.3) is 22.2 Å². The number of sulfonamides is 1. The Labute approximate surface area is 208 Å². The molecule has 0 radical (unpaired) electrons. The van der Waals surface area contributed by atoms with Gasteiger partial charge in [0.15, 0.2) is 17.4 Å². The SMILES string of the molecule is CN(c1ccc(-c2ccc3nc(NS(C)(=O)=O)cnc3c2)cc1)c1cc(F)c(OC2CC2)c(C#N)c1. The minimum absolute atomic E-state index is 0.00462. The van der Waals surface area contributed by atoms with Crippen LogP contribution >= 0.6 is 0 Å². The smallest absolute Gasteiger partial charge is 0.231 e. The Balaban J connectivity index is 1.38. The molecule has 1 aromatic heterocycles. The fourth-order valence-electron chi connectivity index (χ4n) is 3.78. The molecule has 0 atom stereocenters. The van der Waals surface area contributed by atoms with Crippen molar-refractivity contribution in [1.82, 2.24) is 9.97 Å². The maximum atomic E-state index is 14.7. The molecule has 3 aromatic carbocycles. The molecule has 1 saturated carbocycles. The second kappa shape index (κ2) is 9.09. The predicted molar refractivity (Wildman–Crippen MR) is 136 cm³/mol. The molecular formula is C26H22FN5O3S. The van der Waals surface area contributed by atoms with Crippen molar-refractivity contribution in [3.63, 3.8) is 0 Å². The summed E-state index contributed by atoms with van der Waals surface area (Å²) in [4.78, 5) is 10.4. The number of nitriles is 1. The summed E-state index contributed by atoms with van der Waals surface area (Å²) in [5.74, 6) is -0.369. The van der Waals surface area contributed by atoms with Gasteiger partial charge in [-0.25, -0.2) is 17.8 Å².